The normalized spacial score (nSPS) is 15.7. The van der Waals surface area contributed by atoms with E-state index in [1.807, 2.05) is 18.2 Å². The van der Waals surface area contributed by atoms with Gasteiger partial charge in [0.15, 0.2) is 4.32 Å². The number of anilines is 1. The lowest BCUT2D eigenvalue weighted by molar-refractivity contribution is -0.113. The van der Waals surface area contributed by atoms with E-state index < -0.39 is 0 Å². The van der Waals surface area contributed by atoms with Crippen molar-refractivity contribution < 1.29 is 9.53 Å². The van der Waals surface area contributed by atoms with Crippen molar-refractivity contribution in [3.8, 4) is 5.75 Å². The maximum absolute atomic E-state index is 13.0. The number of methoxy groups -OCH3 is 1. The molecule has 0 radical (unpaired) electrons. The van der Waals surface area contributed by atoms with Crippen LogP contribution in [0.1, 0.15) is 5.56 Å². The maximum atomic E-state index is 13.0. The number of benzene rings is 2. The molecule has 1 aliphatic rings. The van der Waals surface area contributed by atoms with E-state index in [1.165, 1.54) is 23.8 Å². The van der Waals surface area contributed by atoms with Crippen molar-refractivity contribution in [3.63, 3.8) is 0 Å². The minimum absolute atomic E-state index is 0.0974. The fourth-order valence-corrected chi connectivity index (χ4v) is 4.80. The van der Waals surface area contributed by atoms with Crippen LogP contribution in [0, 0.1) is 0 Å². The average molecular weight is 446 g/mol. The summed E-state index contributed by atoms with van der Waals surface area (Å²) in [6, 6.07) is 10.7. The second-order valence-corrected chi connectivity index (χ2v) is 8.57. The van der Waals surface area contributed by atoms with Gasteiger partial charge in [-0.25, -0.2) is 4.79 Å². The predicted octanol–water partition coefficient (Wildman–Crippen LogP) is 3.94. The van der Waals surface area contributed by atoms with Crippen molar-refractivity contribution in [1.82, 2.24) is 9.13 Å². The van der Waals surface area contributed by atoms with Gasteiger partial charge in [-0.1, -0.05) is 41.6 Å². The Hall–Kier alpha value is -2.55. The third kappa shape index (κ3) is 3.27. The van der Waals surface area contributed by atoms with Gasteiger partial charge in [0.05, 0.1) is 33.8 Å². The molecule has 0 spiro atoms. The van der Waals surface area contributed by atoms with Crippen LogP contribution in [-0.2, 0) is 18.9 Å². The topological polar surface area (TPSA) is 56.5 Å². The predicted molar refractivity (Wildman–Crippen MR) is 122 cm³/mol. The Kier molecular flexibility index (Phi) is 5.02. The molecule has 29 heavy (non-hydrogen) atoms. The van der Waals surface area contributed by atoms with E-state index in [-0.39, 0.29) is 11.6 Å². The van der Waals surface area contributed by atoms with E-state index in [4.69, 9.17) is 28.6 Å². The summed E-state index contributed by atoms with van der Waals surface area (Å²) in [4.78, 5) is 27.1. The number of carbonyl (C=O) groups excluding carboxylic acids is 1. The van der Waals surface area contributed by atoms with Gasteiger partial charge in [0, 0.05) is 14.1 Å². The van der Waals surface area contributed by atoms with Crippen LogP contribution in [-0.4, -0.2) is 26.5 Å². The Morgan fingerprint density at radius 2 is 1.79 bits per heavy atom. The summed E-state index contributed by atoms with van der Waals surface area (Å²) in [6.45, 7) is 0. The molecule has 0 saturated carbocycles. The lowest BCUT2D eigenvalue weighted by atomic mass is 10.1. The number of fused-ring (bicyclic) bond motifs is 1. The molecule has 9 heteroatoms. The highest BCUT2D eigenvalue weighted by molar-refractivity contribution is 8.27. The number of nitrogens with zero attached hydrogens (tertiary/aromatic N) is 3. The van der Waals surface area contributed by atoms with Crippen molar-refractivity contribution in [2.45, 2.75) is 0 Å². The van der Waals surface area contributed by atoms with Gasteiger partial charge in [-0.3, -0.25) is 18.8 Å². The van der Waals surface area contributed by atoms with Gasteiger partial charge in [0.1, 0.15) is 5.75 Å². The molecule has 2 aromatic carbocycles. The lowest BCUT2D eigenvalue weighted by Gasteiger charge is -2.15. The second kappa shape index (κ2) is 7.37. The third-order valence-electron chi connectivity index (χ3n) is 4.78. The van der Waals surface area contributed by atoms with Crippen LogP contribution in [0.2, 0.25) is 5.02 Å². The number of imidazole rings is 1. The molecule has 1 amide bonds. The fraction of sp³-hybridized carbons (Fsp3) is 0.150. The van der Waals surface area contributed by atoms with E-state index in [0.717, 1.165) is 16.6 Å². The number of rotatable bonds is 3. The molecule has 0 N–H and O–H groups in total. The second-order valence-electron chi connectivity index (χ2n) is 6.48. The van der Waals surface area contributed by atoms with Gasteiger partial charge in [-0.2, -0.15) is 0 Å². The first kappa shape index (κ1) is 19.8. The average Bonchev–Trinajstić information content (AvgIpc) is 3.09. The standard InChI is InChI=1S/C20H16ClN3O3S2/c1-22-14-6-4-11(8-15(14)23(2)19(22)26)9-17-18(25)24(20(28)29-17)12-5-7-16(27-3)13(21)10-12/h4-10H,1-3H3/b17-9+. The molecule has 148 valence electrons. The molecule has 0 unspecified atom stereocenters. The zero-order chi connectivity index (χ0) is 20.9. The molecule has 1 fully saturated rings. The van der Waals surface area contributed by atoms with Gasteiger partial charge < -0.3 is 4.74 Å². The Bertz CT molecular complexity index is 1280. The highest BCUT2D eigenvalue weighted by Crippen LogP contribution is 2.38. The molecular formula is C20H16ClN3O3S2. The Balaban J connectivity index is 1.71. The molecule has 0 aliphatic carbocycles. The van der Waals surface area contributed by atoms with Crippen LogP contribution in [0.25, 0.3) is 17.1 Å². The first-order chi connectivity index (χ1) is 13.8. The number of halogens is 1. The number of aryl methyl sites for hydroxylation is 2. The summed E-state index contributed by atoms with van der Waals surface area (Å²) in [6.07, 6.45) is 1.78. The number of aromatic nitrogens is 2. The minimum atomic E-state index is -0.219. The third-order valence-corrected chi connectivity index (χ3v) is 6.38. The van der Waals surface area contributed by atoms with E-state index in [0.29, 0.717) is 25.7 Å². The molecule has 1 saturated heterocycles. The van der Waals surface area contributed by atoms with Crippen LogP contribution >= 0.6 is 35.6 Å². The molecule has 1 aliphatic heterocycles. The molecule has 1 aromatic heterocycles. The Labute approximate surface area is 181 Å². The van der Waals surface area contributed by atoms with Crippen molar-refractivity contribution in [2.75, 3.05) is 12.0 Å². The summed E-state index contributed by atoms with van der Waals surface area (Å²) < 4.78 is 8.76. The van der Waals surface area contributed by atoms with E-state index in [1.54, 1.807) is 47.5 Å². The van der Waals surface area contributed by atoms with E-state index in [2.05, 4.69) is 0 Å². The van der Waals surface area contributed by atoms with Crippen molar-refractivity contribution in [2.24, 2.45) is 14.1 Å². The SMILES string of the molecule is COc1ccc(N2C(=O)/C(=C\c3ccc4c(c3)n(C)c(=O)n4C)SC2=S)cc1Cl. The number of thioether (sulfide) groups is 1. The van der Waals surface area contributed by atoms with Gasteiger partial charge in [-0.15, -0.1) is 0 Å². The molecule has 0 atom stereocenters. The molecule has 6 nitrogen and oxygen atoms in total. The summed E-state index contributed by atoms with van der Waals surface area (Å²) in [7, 11) is 4.99. The molecule has 4 rings (SSSR count). The molecule has 0 bridgehead atoms. The minimum Gasteiger partial charge on any atom is -0.495 e. The van der Waals surface area contributed by atoms with Gasteiger partial charge in [-0.05, 0) is 42.0 Å². The first-order valence-electron chi connectivity index (χ1n) is 8.59. The molecular weight excluding hydrogens is 430 g/mol. The highest BCUT2D eigenvalue weighted by atomic mass is 35.5. The number of carbonyl (C=O) groups is 1. The lowest BCUT2D eigenvalue weighted by Crippen LogP contribution is -2.27. The largest absolute Gasteiger partial charge is 0.495 e. The summed E-state index contributed by atoms with van der Waals surface area (Å²) >= 11 is 12.8. The Morgan fingerprint density at radius 3 is 2.48 bits per heavy atom. The number of ether oxygens (including phenoxy) is 1. The van der Waals surface area contributed by atoms with Crippen molar-refractivity contribution in [1.29, 1.82) is 0 Å². The summed E-state index contributed by atoms with van der Waals surface area (Å²) in [5.74, 6) is 0.307. The number of hydrogen-bond donors (Lipinski definition) is 0. The molecule has 3 aromatic rings. The zero-order valence-electron chi connectivity index (χ0n) is 15.8. The zero-order valence-corrected chi connectivity index (χ0v) is 18.2. The number of thiocarbonyl (C=S) groups is 1. The van der Waals surface area contributed by atoms with Gasteiger partial charge in [0.2, 0.25) is 0 Å². The van der Waals surface area contributed by atoms with Crippen LogP contribution in [0.5, 0.6) is 5.75 Å². The fourth-order valence-electron chi connectivity index (χ4n) is 3.25. The van der Waals surface area contributed by atoms with Gasteiger partial charge in [0.25, 0.3) is 5.91 Å². The van der Waals surface area contributed by atoms with Crippen LogP contribution in [0.3, 0.4) is 0 Å². The smallest absolute Gasteiger partial charge is 0.328 e. The van der Waals surface area contributed by atoms with Crippen molar-refractivity contribution in [3.05, 3.63) is 62.4 Å². The molecule has 2 heterocycles. The Morgan fingerprint density at radius 1 is 1.07 bits per heavy atom. The quantitative estimate of drug-likeness (QED) is 0.451. The number of hydrogen-bond acceptors (Lipinski definition) is 5. The van der Waals surface area contributed by atoms with E-state index in [9.17, 15) is 9.59 Å². The van der Waals surface area contributed by atoms with Crippen LogP contribution in [0.4, 0.5) is 5.69 Å². The summed E-state index contributed by atoms with van der Waals surface area (Å²) in [5, 5.41) is 0.401. The maximum Gasteiger partial charge on any atom is 0.328 e. The first-order valence-corrected chi connectivity index (χ1v) is 10.2. The van der Waals surface area contributed by atoms with E-state index >= 15 is 0 Å². The number of amides is 1. The highest BCUT2D eigenvalue weighted by Gasteiger charge is 2.33. The summed E-state index contributed by atoms with van der Waals surface area (Å²) in [5.41, 5.74) is 2.92. The van der Waals surface area contributed by atoms with Crippen molar-refractivity contribution >= 4 is 68.6 Å². The van der Waals surface area contributed by atoms with Gasteiger partial charge >= 0.3 is 5.69 Å². The van der Waals surface area contributed by atoms with Crippen LogP contribution in [0.15, 0.2) is 46.1 Å². The monoisotopic (exact) mass is 445 g/mol. The van der Waals surface area contributed by atoms with Crippen LogP contribution < -0.4 is 15.3 Å².